The Morgan fingerprint density at radius 2 is 1.95 bits per heavy atom. The van der Waals surface area contributed by atoms with Gasteiger partial charge in [-0.2, -0.15) is 0 Å². The van der Waals surface area contributed by atoms with Gasteiger partial charge in [0.05, 0.1) is 5.69 Å². The highest BCUT2D eigenvalue weighted by Crippen LogP contribution is 2.23. The van der Waals surface area contributed by atoms with E-state index in [9.17, 15) is 9.59 Å². The van der Waals surface area contributed by atoms with E-state index in [-0.39, 0.29) is 11.0 Å². The van der Waals surface area contributed by atoms with E-state index in [1.54, 1.807) is 24.3 Å². The van der Waals surface area contributed by atoms with E-state index in [0.717, 1.165) is 10.0 Å². The third-order valence-corrected chi connectivity index (χ3v) is 4.06. The summed E-state index contributed by atoms with van der Waals surface area (Å²) in [6, 6.07) is 12.7. The molecule has 0 aliphatic heterocycles. The minimum atomic E-state index is -0.434. The SMILES string of the molecule is Cc1ccc(NC(=O)c2c[nH]c3ccccc3c2=O)c(Br)c1. The average molecular weight is 357 g/mol. The summed E-state index contributed by atoms with van der Waals surface area (Å²) in [7, 11) is 0. The van der Waals surface area contributed by atoms with E-state index in [2.05, 4.69) is 26.2 Å². The van der Waals surface area contributed by atoms with E-state index < -0.39 is 5.91 Å². The quantitative estimate of drug-likeness (QED) is 0.732. The maximum Gasteiger partial charge on any atom is 0.261 e. The smallest absolute Gasteiger partial charge is 0.261 e. The Morgan fingerprint density at radius 3 is 2.73 bits per heavy atom. The Kier molecular flexibility index (Phi) is 3.81. The normalized spacial score (nSPS) is 10.6. The fraction of sp³-hybridized carbons (Fsp3) is 0.0588. The molecule has 0 bridgehead atoms. The third kappa shape index (κ3) is 2.67. The summed E-state index contributed by atoms with van der Waals surface area (Å²) in [5.74, 6) is -0.434. The zero-order valence-electron chi connectivity index (χ0n) is 11.8. The van der Waals surface area contributed by atoms with Gasteiger partial charge in [0.1, 0.15) is 5.56 Å². The molecule has 0 atom stereocenters. The average Bonchev–Trinajstić information content (AvgIpc) is 2.50. The molecule has 1 heterocycles. The Hall–Kier alpha value is -2.40. The lowest BCUT2D eigenvalue weighted by Gasteiger charge is -2.08. The van der Waals surface area contributed by atoms with Crippen LogP contribution >= 0.6 is 15.9 Å². The van der Waals surface area contributed by atoms with Gasteiger partial charge in [0.25, 0.3) is 5.91 Å². The molecule has 110 valence electrons. The van der Waals surface area contributed by atoms with Crippen molar-refractivity contribution in [3.05, 3.63) is 74.5 Å². The number of anilines is 1. The number of benzene rings is 2. The Labute approximate surface area is 135 Å². The number of para-hydroxylation sites is 1. The van der Waals surface area contributed by atoms with Gasteiger partial charge in [-0.1, -0.05) is 18.2 Å². The van der Waals surface area contributed by atoms with Gasteiger partial charge >= 0.3 is 0 Å². The van der Waals surface area contributed by atoms with Crippen molar-refractivity contribution >= 4 is 38.4 Å². The van der Waals surface area contributed by atoms with Gasteiger partial charge in [-0.3, -0.25) is 9.59 Å². The Bertz CT molecular complexity index is 931. The first-order chi connectivity index (χ1) is 10.6. The summed E-state index contributed by atoms with van der Waals surface area (Å²) < 4.78 is 0.776. The molecular weight excluding hydrogens is 344 g/mol. The number of rotatable bonds is 2. The van der Waals surface area contributed by atoms with Crippen LogP contribution in [0.3, 0.4) is 0 Å². The molecule has 0 radical (unpaired) electrons. The van der Waals surface area contributed by atoms with E-state index in [1.807, 2.05) is 25.1 Å². The minimum absolute atomic E-state index is 0.0891. The van der Waals surface area contributed by atoms with Crippen LogP contribution in [-0.4, -0.2) is 10.9 Å². The summed E-state index contributed by atoms with van der Waals surface area (Å²) in [5, 5.41) is 3.25. The monoisotopic (exact) mass is 356 g/mol. The molecule has 3 aromatic rings. The summed E-state index contributed by atoms with van der Waals surface area (Å²) in [6.07, 6.45) is 1.45. The van der Waals surface area contributed by atoms with Gasteiger partial charge in [0.15, 0.2) is 0 Å². The largest absolute Gasteiger partial charge is 0.360 e. The minimum Gasteiger partial charge on any atom is -0.360 e. The number of pyridine rings is 1. The van der Waals surface area contributed by atoms with Gasteiger partial charge in [-0.05, 0) is 52.7 Å². The molecule has 0 saturated heterocycles. The maximum absolute atomic E-state index is 12.4. The lowest BCUT2D eigenvalue weighted by Crippen LogP contribution is -2.22. The predicted octanol–water partition coefficient (Wildman–Crippen LogP) is 3.85. The molecule has 3 rings (SSSR count). The number of H-pyrrole nitrogens is 1. The Morgan fingerprint density at radius 1 is 1.18 bits per heavy atom. The van der Waals surface area contributed by atoms with Gasteiger partial charge < -0.3 is 10.3 Å². The molecule has 4 nitrogen and oxygen atoms in total. The number of aromatic nitrogens is 1. The van der Waals surface area contributed by atoms with E-state index in [0.29, 0.717) is 16.6 Å². The van der Waals surface area contributed by atoms with Gasteiger partial charge in [-0.15, -0.1) is 0 Å². The zero-order valence-corrected chi connectivity index (χ0v) is 13.4. The number of nitrogens with one attached hydrogen (secondary N) is 2. The van der Waals surface area contributed by atoms with Crippen LogP contribution in [0.5, 0.6) is 0 Å². The molecule has 0 fully saturated rings. The molecular formula is C17H13BrN2O2. The standard InChI is InChI=1S/C17H13BrN2O2/c1-10-6-7-15(13(18)8-10)20-17(22)12-9-19-14-5-3-2-4-11(14)16(12)21/h2-9H,1H3,(H,19,21)(H,20,22). The van der Waals surface area contributed by atoms with Crippen LogP contribution in [0.2, 0.25) is 0 Å². The van der Waals surface area contributed by atoms with Crippen LogP contribution in [0.1, 0.15) is 15.9 Å². The molecule has 5 heteroatoms. The van der Waals surface area contributed by atoms with Crippen LogP contribution in [0, 0.1) is 6.92 Å². The number of fused-ring (bicyclic) bond motifs is 1. The third-order valence-electron chi connectivity index (χ3n) is 3.41. The molecule has 2 aromatic carbocycles. The first kappa shape index (κ1) is 14.5. The summed E-state index contributed by atoms with van der Waals surface area (Å²) in [6.45, 7) is 1.96. The van der Waals surface area contributed by atoms with Gasteiger partial charge in [0, 0.05) is 21.6 Å². The van der Waals surface area contributed by atoms with E-state index >= 15 is 0 Å². The number of hydrogen-bond acceptors (Lipinski definition) is 2. The van der Waals surface area contributed by atoms with Crippen LogP contribution in [0.25, 0.3) is 10.9 Å². The van der Waals surface area contributed by atoms with Gasteiger partial charge in [0.2, 0.25) is 5.43 Å². The number of carbonyl (C=O) groups excluding carboxylic acids is 1. The second-order valence-corrected chi connectivity index (χ2v) is 5.87. The number of halogens is 1. The van der Waals surface area contributed by atoms with E-state index in [4.69, 9.17) is 0 Å². The summed E-state index contributed by atoms with van der Waals surface area (Å²) >= 11 is 3.41. The lowest BCUT2D eigenvalue weighted by atomic mass is 10.1. The number of amides is 1. The lowest BCUT2D eigenvalue weighted by molar-refractivity contribution is 0.102. The molecule has 0 spiro atoms. The number of aryl methyl sites for hydroxylation is 1. The zero-order chi connectivity index (χ0) is 15.7. The number of aromatic amines is 1. The fourth-order valence-electron chi connectivity index (χ4n) is 2.25. The molecule has 2 N–H and O–H groups in total. The molecule has 1 aromatic heterocycles. The molecule has 22 heavy (non-hydrogen) atoms. The molecule has 0 aliphatic rings. The predicted molar refractivity (Wildman–Crippen MR) is 91.4 cm³/mol. The van der Waals surface area contributed by atoms with Crippen molar-refractivity contribution in [1.29, 1.82) is 0 Å². The molecule has 0 saturated carbocycles. The summed E-state index contributed by atoms with van der Waals surface area (Å²) in [5.41, 5.74) is 2.22. The van der Waals surface area contributed by atoms with Crippen molar-refractivity contribution < 1.29 is 4.79 Å². The molecule has 1 amide bonds. The van der Waals surface area contributed by atoms with Crippen molar-refractivity contribution in [2.75, 3.05) is 5.32 Å². The van der Waals surface area contributed by atoms with Crippen molar-refractivity contribution in [2.24, 2.45) is 0 Å². The van der Waals surface area contributed by atoms with Crippen molar-refractivity contribution in [1.82, 2.24) is 4.98 Å². The van der Waals surface area contributed by atoms with Crippen molar-refractivity contribution in [2.45, 2.75) is 6.92 Å². The first-order valence-corrected chi connectivity index (χ1v) is 7.53. The number of hydrogen-bond donors (Lipinski definition) is 2. The highest BCUT2D eigenvalue weighted by Gasteiger charge is 2.14. The Balaban J connectivity index is 1.99. The second kappa shape index (κ2) is 5.77. The molecule has 0 aliphatic carbocycles. The van der Waals surface area contributed by atoms with Crippen LogP contribution < -0.4 is 10.7 Å². The number of carbonyl (C=O) groups is 1. The van der Waals surface area contributed by atoms with Crippen LogP contribution in [0.15, 0.2) is 57.9 Å². The van der Waals surface area contributed by atoms with Crippen LogP contribution in [0.4, 0.5) is 5.69 Å². The van der Waals surface area contributed by atoms with E-state index in [1.165, 1.54) is 6.20 Å². The van der Waals surface area contributed by atoms with Gasteiger partial charge in [-0.25, -0.2) is 0 Å². The second-order valence-electron chi connectivity index (χ2n) is 5.01. The molecule has 0 unspecified atom stereocenters. The van der Waals surface area contributed by atoms with Crippen LogP contribution in [-0.2, 0) is 0 Å². The fourth-order valence-corrected chi connectivity index (χ4v) is 2.84. The van der Waals surface area contributed by atoms with Crippen molar-refractivity contribution in [3.63, 3.8) is 0 Å². The van der Waals surface area contributed by atoms with Crippen molar-refractivity contribution in [3.8, 4) is 0 Å². The highest BCUT2D eigenvalue weighted by atomic mass is 79.9. The maximum atomic E-state index is 12.4. The first-order valence-electron chi connectivity index (χ1n) is 6.74. The summed E-state index contributed by atoms with van der Waals surface area (Å²) in [4.78, 5) is 27.7. The topological polar surface area (TPSA) is 62.0 Å². The highest BCUT2D eigenvalue weighted by molar-refractivity contribution is 9.10.